The van der Waals surface area contributed by atoms with E-state index in [0.717, 1.165) is 29.5 Å². The highest BCUT2D eigenvalue weighted by Crippen LogP contribution is 2.33. The SMILES string of the molecule is CC1NCCC1c1[nH]cnc2cnc3nccc3c12. The van der Waals surface area contributed by atoms with Crippen LogP contribution in [0.4, 0.5) is 0 Å². The Balaban J connectivity index is 2.06. The molecule has 3 aromatic rings. The first-order valence-electron chi connectivity index (χ1n) is 6.64. The maximum absolute atomic E-state index is 4.40. The van der Waals surface area contributed by atoms with Crippen molar-refractivity contribution in [3.05, 3.63) is 30.5 Å². The van der Waals surface area contributed by atoms with Crippen molar-refractivity contribution < 1.29 is 0 Å². The molecule has 0 radical (unpaired) electrons. The number of rotatable bonds is 1. The summed E-state index contributed by atoms with van der Waals surface area (Å²) in [5.41, 5.74) is 2.99. The molecule has 0 amide bonds. The first-order chi connectivity index (χ1) is 9.34. The molecule has 5 nitrogen and oxygen atoms in total. The lowest BCUT2D eigenvalue weighted by Crippen LogP contribution is -2.22. The second-order valence-corrected chi connectivity index (χ2v) is 5.15. The average Bonchev–Trinajstić information content (AvgIpc) is 3.06. The molecule has 1 fully saturated rings. The molecule has 0 spiro atoms. The van der Waals surface area contributed by atoms with Crippen molar-refractivity contribution in [2.45, 2.75) is 25.3 Å². The quantitative estimate of drug-likeness (QED) is 0.696. The molecule has 19 heavy (non-hydrogen) atoms. The third kappa shape index (κ3) is 1.55. The van der Waals surface area contributed by atoms with Crippen molar-refractivity contribution in [3.8, 4) is 0 Å². The third-order valence-electron chi connectivity index (χ3n) is 4.10. The van der Waals surface area contributed by atoms with Crippen molar-refractivity contribution in [1.29, 1.82) is 0 Å². The van der Waals surface area contributed by atoms with Gasteiger partial charge in [-0.05, 0) is 26.0 Å². The molecule has 2 atom stereocenters. The Morgan fingerprint density at radius 3 is 3.05 bits per heavy atom. The Labute approximate surface area is 110 Å². The monoisotopic (exact) mass is 253 g/mol. The molecule has 1 aliphatic heterocycles. The summed E-state index contributed by atoms with van der Waals surface area (Å²) in [6.07, 6.45) is 6.54. The highest BCUT2D eigenvalue weighted by Gasteiger charge is 2.27. The predicted molar refractivity (Wildman–Crippen MR) is 74.0 cm³/mol. The van der Waals surface area contributed by atoms with E-state index in [1.54, 1.807) is 6.33 Å². The number of fused-ring (bicyclic) bond motifs is 3. The van der Waals surface area contributed by atoms with Gasteiger partial charge in [0.05, 0.1) is 18.0 Å². The number of nitrogens with zero attached hydrogens (tertiary/aromatic N) is 3. The van der Waals surface area contributed by atoms with E-state index in [4.69, 9.17) is 0 Å². The largest absolute Gasteiger partial charge is 0.349 e. The van der Waals surface area contributed by atoms with Crippen LogP contribution in [0, 0.1) is 0 Å². The number of hydrogen-bond acceptors (Lipinski definition) is 4. The Hall–Kier alpha value is -2.01. The van der Waals surface area contributed by atoms with Crippen LogP contribution in [0.25, 0.3) is 21.9 Å². The summed E-state index contributed by atoms with van der Waals surface area (Å²) in [5.74, 6) is 0.492. The lowest BCUT2D eigenvalue weighted by Gasteiger charge is -2.17. The van der Waals surface area contributed by atoms with E-state index in [1.165, 1.54) is 11.1 Å². The molecule has 5 heteroatoms. The molecule has 2 N–H and O–H groups in total. The number of pyridine rings is 1. The van der Waals surface area contributed by atoms with E-state index >= 15 is 0 Å². The highest BCUT2D eigenvalue weighted by molar-refractivity contribution is 6.04. The molecule has 4 rings (SSSR count). The Bertz CT molecular complexity index is 748. The zero-order valence-electron chi connectivity index (χ0n) is 10.7. The van der Waals surface area contributed by atoms with E-state index in [1.807, 2.05) is 18.5 Å². The van der Waals surface area contributed by atoms with Gasteiger partial charge < -0.3 is 10.3 Å². The molecule has 0 bridgehead atoms. The van der Waals surface area contributed by atoms with Gasteiger partial charge in [-0.3, -0.25) is 0 Å². The normalized spacial score (nSPS) is 23.4. The van der Waals surface area contributed by atoms with Crippen molar-refractivity contribution >= 4 is 21.9 Å². The second-order valence-electron chi connectivity index (χ2n) is 5.15. The van der Waals surface area contributed by atoms with Crippen LogP contribution in [-0.4, -0.2) is 32.5 Å². The van der Waals surface area contributed by atoms with Gasteiger partial charge in [-0.1, -0.05) is 0 Å². The third-order valence-corrected chi connectivity index (χ3v) is 4.10. The maximum Gasteiger partial charge on any atom is 0.159 e. The molecule has 3 aromatic heterocycles. The minimum atomic E-state index is 0.480. The van der Waals surface area contributed by atoms with Crippen LogP contribution in [0.3, 0.4) is 0 Å². The van der Waals surface area contributed by atoms with Gasteiger partial charge >= 0.3 is 0 Å². The summed E-state index contributed by atoms with van der Waals surface area (Å²) in [6, 6.07) is 2.50. The number of aromatic nitrogens is 4. The molecular formula is C14H15N5. The Morgan fingerprint density at radius 1 is 1.26 bits per heavy atom. The molecule has 2 unspecified atom stereocenters. The van der Waals surface area contributed by atoms with Gasteiger partial charge in [0.1, 0.15) is 0 Å². The van der Waals surface area contributed by atoms with E-state index in [-0.39, 0.29) is 0 Å². The van der Waals surface area contributed by atoms with Crippen LogP contribution in [-0.2, 0) is 0 Å². The molecular weight excluding hydrogens is 238 g/mol. The topological polar surface area (TPSA) is 66.5 Å². The number of aromatic amines is 1. The zero-order valence-corrected chi connectivity index (χ0v) is 10.7. The van der Waals surface area contributed by atoms with Crippen LogP contribution in [0.1, 0.15) is 25.0 Å². The van der Waals surface area contributed by atoms with Crippen LogP contribution in [0.5, 0.6) is 0 Å². The van der Waals surface area contributed by atoms with E-state index in [2.05, 4.69) is 32.2 Å². The van der Waals surface area contributed by atoms with Crippen molar-refractivity contribution in [3.63, 3.8) is 0 Å². The number of nitrogens with one attached hydrogen (secondary N) is 2. The molecule has 0 aliphatic carbocycles. The van der Waals surface area contributed by atoms with Gasteiger partial charge in [-0.15, -0.1) is 0 Å². The van der Waals surface area contributed by atoms with Crippen LogP contribution in [0.15, 0.2) is 24.8 Å². The zero-order chi connectivity index (χ0) is 12.8. The van der Waals surface area contributed by atoms with Crippen LogP contribution >= 0.6 is 0 Å². The second kappa shape index (κ2) is 3.99. The fraction of sp³-hybridized carbons (Fsp3) is 0.357. The van der Waals surface area contributed by atoms with Gasteiger partial charge in [-0.25, -0.2) is 15.0 Å². The van der Waals surface area contributed by atoms with Crippen LogP contribution < -0.4 is 5.32 Å². The summed E-state index contributed by atoms with van der Waals surface area (Å²) in [5, 5.41) is 5.77. The summed E-state index contributed by atoms with van der Waals surface area (Å²) in [6.45, 7) is 3.30. The van der Waals surface area contributed by atoms with E-state index in [0.29, 0.717) is 12.0 Å². The molecule has 0 saturated carbocycles. The Kier molecular flexibility index (Phi) is 2.29. The molecule has 1 aliphatic rings. The van der Waals surface area contributed by atoms with Crippen LogP contribution in [0.2, 0.25) is 0 Å². The smallest absolute Gasteiger partial charge is 0.159 e. The minimum absolute atomic E-state index is 0.480. The summed E-state index contributed by atoms with van der Waals surface area (Å²) >= 11 is 0. The van der Waals surface area contributed by atoms with Gasteiger partial charge in [0, 0.05) is 34.6 Å². The Morgan fingerprint density at radius 2 is 2.21 bits per heavy atom. The number of H-pyrrole nitrogens is 1. The maximum atomic E-state index is 4.40. The van der Waals surface area contributed by atoms with Gasteiger partial charge in [0.25, 0.3) is 0 Å². The molecule has 96 valence electrons. The fourth-order valence-corrected chi connectivity index (χ4v) is 3.12. The minimum Gasteiger partial charge on any atom is -0.349 e. The van der Waals surface area contributed by atoms with Gasteiger partial charge in [0.2, 0.25) is 0 Å². The lowest BCUT2D eigenvalue weighted by molar-refractivity contribution is 0.586. The lowest BCUT2D eigenvalue weighted by atomic mass is 9.94. The summed E-state index contributed by atoms with van der Waals surface area (Å²) in [4.78, 5) is 16.4. The predicted octanol–water partition coefficient (Wildman–Crippen LogP) is 1.97. The molecule has 4 heterocycles. The standard InChI is InChI=1S/C14H15N5/c1-8-9(2-4-15-8)13-12-10-3-5-16-14(10)17-6-11(12)18-7-19-13/h3,5-9,15H,2,4H2,1H3,(H,18,19). The van der Waals surface area contributed by atoms with E-state index < -0.39 is 0 Å². The van der Waals surface area contributed by atoms with Gasteiger partial charge in [0.15, 0.2) is 5.65 Å². The van der Waals surface area contributed by atoms with E-state index in [9.17, 15) is 0 Å². The van der Waals surface area contributed by atoms with Gasteiger partial charge in [-0.2, -0.15) is 0 Å². The first kappa shape index (κ1) is 10.9. The summed E-state index contributed by atoms with van der Waals surface area (Å²) in [7, 11) is 0. The fourth-order valence-electron chi connectivity index (χ4n) is 3.12. The molecule has 1 saturated heterocycles. The first-order valence-corrected chi connectivity index (χ1v) is 6.64. The summed E-state index contributed by atoms with van der Waals surface area (Å²) < 4.78 is 0. The van der Waals surface area contributed by atoms with Crippen molar-refractivity contribution in [2.24, 2.45) is 0 Å². The average molecular weight is 253 g/mol. The number of hydrogen-bond donors (Lipinski definition) is 2. The molecule has 0 aromatic carbocycles. The van der Waals surface area contributed by atoms with Crippen molar-refractivity contribution in [2.75, 3.05) is 6.54 Å². The highest BCUT2D eigenvalue weighted by atomic mass is 15.0. The van der Waals surface area contributed by atoms with Crippen molar-refractivity contribution in [1.82, 2.24) is 25.3 Å².